The lowest BCUT2D eigenvalue weighted by molar-refractivity contribution is 0.0732. The number of rotatable bonds is 6. The third-order valence-corrected chi connectivity index (χ3v) is 6.28. The summed E-state index contributed by atoms with van der Waals surface area (Å²) >= 11 is 0. The Balaban J connectivity index is 1.51. The largest absolute Gasteiger partial charge is 0.394 e. The van der Waals surface area contributed by atoms with Gasteiger partial charge in [0.1, 0.15) is 0 Å². The highest BCUT2D eigenvalue weighted by molar-refractivity contribution is 5.94. The summed E-state index contributed by atoms with van der Waals surface area (Å²) in [4.78, 5) is 26.7. The number of anilines is 1. The van der Waals surface area contributed by atoms with E-state index in [-0.39, 0.29) is 18.6 Å². The minimum Gasteiger partial charge on any atom is -0.394 e. The number of benzene rings is 1. The van der Waals surface area contributed by atoms with Crippen LogP contribution in [-0.2, 0) is 6.54 Å². The van der Waals surface area contributed by atoms with E-state index in [0.29, 0.717) is 18.7 Å². The third-order valence-electron chi connectivity index (χ3n) is 6.28. The molecule has 4 heterocycles. The van der Waals surface area contributed by atoms with Gasteiger partial charge in [-0.05, 0) is 43.9 Å². The first kappa shape index (κ1) is 20.6. The maximum absolute atomic E-state index is 13.3. The van der Waals surface area contributed by atoms with Gasteiger partial charge in [0.2, 0.25) is 5.95 Å². The molecule has 2 saturated heterocycles. The third kappa shape index (κ3) is 3.98. The summed E-state index contributed by atoms with van der Waals surface area (Å²) in [7, 11) is 0. The van der Waals surface area contributed by atoms with Crippen LogP contribution in [0.2, 0.25) is 0 Å². The molecule has 1 N–H and O–H groups in total. The van der Waals surface area contributed by atoms with E-state index in [2.05, 4.69) is 9.88 Å². The number of amides is 1. The Bertz CT molecular complexity index is 1080. The summed E-state index contributed by atoms with van der Waals surface area (Å²) in [5.41, 5.74) is 3.24. The monoisotopic (exact) mass is 432 g/mol. The SMILES string of the molecule is O=C(c1ccccc1)N1CCC[C@H]1c1nn(CCO)cc1-c1ccnc(N2CCCC2)n1. The highest BCUT2D eigenvalue weighted by atomic mass is 16.3. The lowest BCUT2D eigenvalue weighted by Crippen LogP contribution is -2.31. The van der Waals surface area contributed by atoms with Crippen LogP contribution in [0.3, 0.4) is 0 Å². The normalized spacial score (nSPS) is 18.5. The van der Waals surface area contributed by atoms with Gasteiger partial charge in [-0.2, -0.15) is 5.10 Å². The molecule has 0 aliphatic carbocycles. The van der Waals surface area contributed by atoms with Gasteiger partial charge in [0.05, 0.1) is 30.6 Å². The minimum atomic E-state index is -0.122. The first-order valence-electron chi connectivity index (χ1n) is 11.4. The lowest BCUT2D eigenvalue weighted by Gasteiger charge is -2.24. The predicted molar refractivity (Wildman–Crippen MR) is 121 cm³/mol. The van der Waals surface area contributed by atoms with E-state index in [4.69, 9.17) is 10.1 Å². The van der Waals surface area contributed by atoms with Crippen LogP contribution in [0.15, 0.2) is 48.8 Å². The van der Waals surface area contributed by atoms with E-state index in [9.17, 15) is 9.90 Å². The molecule has 0 saturated carbocycles. The molecule has 2 aliphatic rings. The maximum Gasteiger partial charge on any atom is 0.254 e. The molecule has 1 atom stereocenters. The van der Waals surface area contributed by atoms with Gasteiger partial charge in [-0.3, -0.25) is 9.48 Å². The van der Waals surface area contributed by atoms with E-state index < -0.39 is 0 Å². The smallest absolute Gasteiger partial charge is 0.254 e. The van der Waals surface area contributed by atoms with Crippen molar-refractivity contribution >= 4 is 11.9 Å². The molecule has 166 valence electrons. The van der Waals surface area contributed by atoms with E-state index >= 15 is 0 Å². The molecule has 3 aromatic rings. The van der Waals surface area contributed by atoms with Crippen LogP contribution in [0, 0.1) is 0 Å². The zero-order chi connectivity index (χ0) is 21.9. The van der Waals surface area contributed by atoms with Crippen LogP contribution in [0.5, 0.6) is 0 Å². The average molecular weight is 433 g/mol. The van der Waals surface area contributed by atoms with Crippen LogP contribution < -0.4 is 4.90 Å². The molecule has 0 radical (unpaired) electrons. The fourth-order valence-electron chi connectivity index (χ4n) is 4.71. The van der Waals surface area contributed by atoms with Crippen molar-refractivity contribution in [1.82, 2.24) is 24.6 Å². The van der Waals surface area contributed by atoms with Gasteiger partial charge < -0.3 is 14.9 Å². The number of aliphatic hydroxyl groups excluding tert-OH is 1. The molecule has 0 unspecified atom stereocenters. The second kappa shape index (κ2) is 9.08. The molecule has 1 aromatic carbocycles. The van der Waals surface area contributed by atoms with Crippen molar-refractivity contribution in [3.8, 4) is 11.3 Å². The quantitative estimate of drug-likeness (QED) is 0.645. The summed E-state index contributed by atoms with van der Waals surface area (Å²) in [5.74, 6) is 0.765. The molecule has 1 amide bonds. The molecule has 8 heteroatoms. The van der Waals surface area contributed by atoms with Crippen molar-refractivity contribution < 1.29 is 9.90 Å². The molecular weight excluding hydrogens is 404 g/mol. The van der Waals surface area contributed by atoms with Crippen molar-refractivity contribution in [2.45, 2.75) is 38.3 Å². The van der Waals surface area contributed by atoms with E-state index in [1.165, 1.54) is 0 Å². The zero-order valence-corrected chi connectivity index (χ0v) is 18.1. The number of carbonyl (C=O) groups is 1. The first-order valence-corrected chi connectivity index (χ1v) is 11.4. The van der Waals surface area contributed by atoms with Crippen LogP contribution >= 0.6 is 0 Å². The molecule has 0 bridgehead atoms. The summed E-state index contributed by atoms with van der Waals surface area (Å²) in [6.07, 6.45) is 7.83. The second-order valence-electron chi connectivity index (χ2n) is 8.37. The Morgan fingerprint density at radius 2 is 1.88 bits per heavy atom. The first-order chi connectivity index (χ1) is 15.7. The van der Waals surface area contributed by atoms with Crippen LogP contribution in [0.1, 0.15) is 47.8 Å². The Morgan fingerprint density at radius 3 is 2.66 bits per heavy atom. The Kier molecular flexibility index (Phi) is 5.85. The Labute approximate surface area is 187 Å². The maximum atomic E-state index is 13.3. The van der Waals surface area contributed by atoms with Gasteiger partial charge in [0.25, 0.3) is 5.91 Å². The molecule has 8 nitrogen and oxygen atoms in total. The van der Waals surface area contributed by atoms with Crippen molar-refractivity contribution in [2.24, 2.45) is 0 Å². The van der Waals surface area contributed by atoms with Crippen LogP contribution in [-0.4, -0.2) is 61.9 Å². The average Bonchev–Trinajstić information content (AvgIpc) is 3.60. The lowest BCUT2D eigenvalue weighted by atomic mass is 10.0. The molecule has 5 rings (SSSR count). The highest BCUT2D eigenvalue weighted by Gasteiger charge is 2.34. The van der Waals surface area contributed by atoms with Gasteiger partial charge >= 0.3 is 0 Å². The molecule has 32 heavy (non-hydrogen) atoms. The zero-order valence-electron chi connectivity index (χ0n) is 18.1. The summed E-state index contributed by atoms with van der Waals surface area (Å²) in [5, 5.41) is 14.3. The molecule has 2 aromatic heterocycles. The second-order valence-corrected chi connectivity index (χ2v) is 8.37. The number of carbonyl (C=O) groups excluding carboxylic acids is 1. The summed E-state index contributed by atoms with van der Waals surface area (Å²) in [6, 6.07) is 11.2. The summed E-state index contributed by atoms with van der Waals surface area (Å²) < 4.78 is 1.76. The summed E-state index contributed by atoms with van der Waals surface area (Å²) in [6.45, 7) is 3.05. The van der Waals surface area contributed by atoms with Crippen LogP contribution in [0.25, 0.3) is 11.3 Å². The van der Waals surface area contributed by atoms with Crippen molar-refractivity contribution in [2.75, 3.05) is 31.1 Å². The fraction of sp³-hybridized carbons (Fsp3) is 0.417. The Morgan fingerprint density at radius 1 is 1.06 bits per heavy atom. The fourth-order valence-corrected chi connectivity index (χ4v) is 4.71. The van der Waals surface area contributed by atoms with Gasteiger partial charge in [-0.15, -0.1) is 0 Å². The number of hydrogen-bond donors (Lipinski definition) is 1. The van der Waals surface area contributed by atoms with Gasteiger partial charge in [0.15, 0.2) is 0 Å². The topological polar surface area (TPSA) is 87.4 Å². The van der Waals surface area contributed by atoms with E-state index in [0.717, 1.165) is 61.7 Å². The van der Waals surface area contributed by atoms with Crippen molar-refractivity contribution in [1.29, 1.82) is 0 Å². The Hall–Kier alpha value is -3.26. The van der Waals surface area contributed by atoms with Crippen molar-refractivity contribution in [3.05, 3.63) is 60.0 Å². The number of likely N-dealkylation sites (tertiary alicyclic amines) is 1. The number of aromatic nitrogens is 4. The standard InChI is InChI=1S/C24H28N6O2/c31-16-15-29-17-19(20-10-11-25-24(26-20)28-12-4-5-13-28)22(27-29)21-9-6-14-30(21)23(32)18-7-2-1-3-8-18/h1-3,7-8,10-11,17,21,31H,4-6,9,12-16H2/t21-/m0/s1. The number of hydrogen-bond acceptors (Lipinski definition) is 6. The van der Waals surface area contributed by atoms with E-state index in [1.807, 2.05) is 47.5 Å². The van der Waals surface area contributed by atoms with Gasteiger partial charge in [-0.25, -0.2) is 9.97 Å². The van der Waals surface area contributed by atoms with Crippen molar-refractivity contribution in [3.63, 3.8) is 0 Å². The predicted octanol–water partition coefficient (Wildman–Crippen LogP) is 2.91. The minimum absolute atomic E-state index is 0.000683. The number of nitrogens with zero attached hydrogens (tertiary/aromatic N) is 6. The van der Waals surface area contributed by atoms with Crippen LogP contribution in [0.4, 0.5) is 5.95 Å². The number of aliphatic hydroxyl groups is 1. The molecule has 2 aliphatic heterocycles. The molecular formula is C24H28N6O2. The molecule has 2 fully saturated rings. The molecule has 0 spiro atoms. The highest BCUT2D eigenvalue weighted by Crippen LogP contribution is 2.37. The van der Waals surface area contributed by atoms with Gasteiger partial charge in [0, 0.05) is 43.2 Å². The van der Waals surface area contributed by atoms with Gasteiger partial charge in [-0.1, -0.05) is 18.2 Å². The van der Waals surface area contributed by atoms with E-state index in [1.54, 1.807) is 10.9 Å².